The Bertz CT molecular complexity index is 392. The van der Waals surface area contributed by atoms with Crippen LogP contribution in [0, 0.1) is 6.92 Å². The van der Waals surface area contributed by atoms with E-state index in [0.717, 1.165) is 11.1 Å². The molecule has 0 aliphatic carbocycles. The number of aliphatic hydroxyl groups excluding tert-OH is 1. The number of hydrogen-bond acceptors (Lipinski definition) is 3. The minimum Gasteiger partial charge on any atom is -0.444 e. The van der Waals surface area contributed by atoms with Crippen molar-refractivity contribution in [3.63, 3.8) is 0 Å². The summed E-state index contributed by atoms with van der Waals surface area (Å²) >= 11 is 0. The van der Waals surface area contributed by atoms with Gasteiger partial charge in [-0.3, -0.25) is 0 Å². The first-order valence-corrected chi connectivity index (χ1v) is 5.99. The van der Waals surface area contributed by atoms with Gasteiger partial charge in [0.2, 0.25) is 0 Å². The lowest BCUT2D eigenvalue weighted by atomic mass is 10.1. The highest BCUT2D eigenvalue weighted by Crippen LogP contribution is 2.15. The van der Waals surface area contributed by atoms with Crippen molar-refractivity contribution in [3.05, 3.63) is 35.4 Å². The van der Waals surface area contributed by atoms with Gasteiger partial charge in [-0.2, -0.15) is 0 Å². The zero-order valence-electron chi connectivity index (χ0n) is 11.4. The summed E-state index contributed by atoms with van der Waals surface area (Å²) in [5.41, 5.74) is 1.44. The number of amides is 1. The molecule has 4 heteroatoms. The fourth-order valence-corrected chi connectivity index (χ4v) is 1.48. The van der Waals surface area contributed by atoms with Gasteiger partial charge in [0.15, 0.2) is 0 Å². The van der Waals surface area contributed by atoms with Gasteiger partial charge in [-0.25, -0.2) is 4.79 Å². The lowest BCUT2D eigenvalue weighted by Crippen LogP contribution is -2.36. The van der Waals surface area contributed by atoms with E-state index in [-0.39, 0.29) is 6.61 Å². The van der Waals surface area contributed by atoms with E-state index >= 15 is 0 Å². The molecule has 1 atom stereocenters. The summed E-state index contributed by atoms with van der Waals surface area (Å²) < 4.78 is 5.15. The number of nitrogens with one attached hydrogen (secondary N) is 1. The molecule has 0 saturated carbocycles. The predicted octanol–water partition coefficient (Wildman–Crippen LogP) is 2.55. The van der Waals surface area contributed by atoms with Crippen molar-refractivity contribution in [2.45, 2.75) is 39.3 Å². The summed E-state index contributed by atoms with van der Waals surface area (Å²) in [6.07, 6.45) is -0.526. The summed E-state index contributed by atoms with van der Waals surface area (Å²) in [5.74, 6) is 0. The minimum atomic E-state index is -0.544. The van der Waals surface area contributed by atoms with E-state index in [1.807, 2.05) is 31.2 Å². The van der Waals surface area contributed by atoms with E-state index in [0.29, 0.717) is 0 Å². The number of aliphatic hydroxyl groups is 1. The third-order valence-electron chi connectivity index (χ3n) is 2.35. The molecule has 0 radical (unpaired) electrons. The van der Waals surface area contributed by atoms with Crippen molar-refractivity contribution in [1.29, 1.82) is 0 Å². The molecule has 2 N–H and O–H groups in total. The lowest BCUT2D eigenvalue weighted by Gasteiger charge is -2.23. The topological polar surface area (TPSA) is 58.6 Å². The average molecular weight is 251 g/mol. The van der Waals surface area contributed by atoms with Gasteiger partial charge >= 0.3 is 6.09 Å². The molecule has 0 heterocycles. The Morgan fingerprint density at radius 2 is 1.89 bits per heavy atom. The number of rotatable bonds is 3. The smallest absolute Gasteiger partial charge is 0.408 e. The summed E-state index contributed by atoms with van der Waals surface area (Å²) in [6, 6.07) is 7.20. The molecule has 0 fully saturated rings. The Balaban J connectivity index is 2.68. The van der Waals surface area contributed by atoms with E-state index in [1.54, 1.807) is 20.8 Å². The summed E-state index contributed by atoms with van der Waals surface area (Å²) in [4.78, 5) is 11.6. The maximum Gasteiger partial charge on any atom is 0.408 e. The van der Waals surface area contributed by atoms with Crippen LogP contribution >= 0.6 is 0 Å². The van der Waals surface area contributed by atoms with E-state index in [4.69, 9.17) is 4.74 Å². The zero-order valence-corrected chi connectivity index (χ0v) is 11.4. The molecular weight excluding hydrogens is 230 g/mol. The standard InChI is InChI=1S/C14H21NO3/c1-10-5-7-11(8-6-10)12(9-16)15-13(17)18-14(2,3)4/h5-8,12,16H,9H2,1-4H3,(H,15,17). The molecule has 0 aromatic heterocycles. The molecule has 4 nitrogen and oxygen atoms in total. The molecule has 18 heavy (non-hydrogen) atoms. The molecule has 1 rings (SSSR count). The van der Waals surface area contributed by atoms with Crippen molar-refractivity contribution in [1.82, 2.24) is 5.32 Å². The van der Waals surface area contributed by atoms with Crippen molar-refractivity contribution >= 4 is 6.09 Å². The molecule has 0 saturated heterocycles. The van der Waals surface area contributed by atoms with Gasteiger partial charge in [-0.1, -0.05) is 29.8 Å². The molecule has 100 valence electrons. The van der Waals surface area contributed by atoms with Crippen LogP contribution in [0.2, 0.25) is 0 Å². The largest absolute Gasteiger partial charge is 0.444 e. The highest BCUT2D eigenvalue weighted by Gasteiger charge is 2.19. The average Bonchev–Trinajstić information content (AvgIpc) is 2.25. The Kier molecular flexibility index (Phi) is 4.73. The third-order valence-corrected chi connectivity index (χ3v) is 2.35. The van der Waals surface area contributed by atoms with Crippen molar-refractivity contribution in [3.8, 4) is 0 Å². The van der Waals surface area contributed by atoms with Crippen LogP contribution in [0.15, 0.2) is 24.3 Å². The van der Waals surface area contributed by atoms with Crippen LogP contribution in [0.4, 0.5) is 4.79 Å². The van der Waals surface area contributed by atoms with Crippen LogP contribution in [0.5, 0.6) is 0 Å². The first-order chi connectivity index (χ1) is 8.31. The quantitative estimate of drug-likeness (QED) is 0.868. The summed E-state index contributed by atoms with van der Waals surface area (Å²) in [7, 11) is 0. The fraction of sp³-hybridized carbons (Fsp3) is 0.500. The maximum absolute atomic E-state index is 11.6. The third kappa shape index (κ3) is 4.75. The van der Waals surface area contributed by atoms with Crippen LogP contribution in [0.25, 0.3) is 0 Å². The van der Waals surface area contributed by atoms with Crippen LogP contribution in [-0.2, 0) is 4.74 Å². The van der Waals surface area contributed by atoms with Crippen molar-refractivity contribution < 1.29 is 14.6 Å². The summed E-state index contributed by atoms with van der Waals surface area (Å²) in [6.45, 7) is 7.21. The molecular formula is C14H21NO3. The Hall–Kier alpha value is -1.55. The SMILES string of the molecule is Cc1ccc(C(CO)NC(=O)OC(C)(C)C)cc1. The minimum absolute atomic E-state index is 0.164. The van der Waals surface area contributed by atoms with E-state index in [2.05, 4.69) is 5.32 Å². The molecule has 1 aromatic carbocycles. The zero-order chi connectivity index (χ0) is 13.8. The van der Waals surface area contributed by atoms with Crippen LogP contribution in [0.1, 0.15) is 37.9 Å². The molecule has 0 spiro atoms. The molecule has 0 aliphatic rings. The second-order valence-electron chi connectivity index (χ2n) is 5.29. The highest BCUT2D eigenvalue weighted by atomic mass is 16.6. The normalized spacial score (nSPS) is 12.9. The number of carbonyl (C=O) groups excluding carboxylic acids is 1. The number of aryl methyl sites for hydroxylation is 1. The number of ether oxygens (including phenoxy) is 1. The molecule has 0 aliphatic heterocycles. The Morgan fingerprint density at radius 3 is 2.33 bits per heavy atom. The van der Waals surface area contributed by atoms with Crippen LogP contribution in [0.3, 0.4) is 0 Å². The Morgan fingerprint density at radius 1 is 1.33 bits per heavy atom. The molecule has 1 unspecified atom stereocenters. The van der Waals surface area contributed by atoms with E-state index < -0.39 is 17.7 Å². The summed E-state index contributed by atoms with van der Waals surface area (Å²) in [5, 5.41) is 12.0. The number of carbonyl (C=O) groups is 1. The number of benzene rings is 1. The van der Waals surface area contributed by atoms with Crippen LogP contribution < -0.4 is 5.32 Å². The second kappa shape index (κ2) is 5.87. The number of hydrogen-bond donors (Lipinski definition) is 2. The van der Waals surface area contributed by atoms with Gasteiger partial charge in [-0.15, -0.1) is 0 Å². The fourth-order valence-electron chi connectivity index (χ4n) is 1.48. The van der Waals surface area contributed by atoms with E-state index in [1.165, 1.54) is 0 Å². The van der Waals surface area contributed by atoms with Crippen LogP contribution in [-0.4, -0.2) is 23.4 Å². The van der Waals surface area contributed by atoms with Crippen molar-refractivity contribution in [2.75, 3.05) is 6.61 Å². The van der Waals surface area contributed by atoms with Crippen molar-refractivity contribution in [2.24, 2.45) is 0 Å². The molecule has 0 bridgehead atoms. The van der Waals surface area contributed by atoms with Gasteiger partial charge < -0.3 is 15.2 Å². The van der Waals surface area contributed by atoms with Gasteiger partial charge in [0.25, 0.3) is 0 Å². The predicted molar refractivity (Wildman–Crippen MR) is 70.4 cm³/mol. The van der Waals surface area contributed by atoms with E-state index in [9.17, 15) is 9.90 Å². The van der Waals surface area contributed by atoms with Gasteiger partial charge in [0.1, 0.15) is 5.60 Å². The molecule has 1 amide bonds. The van der Waals surface area contributed by atoms with Gasteiger partial charge in [0.05, 0.1) is 12.6 Å². The molecule has 1 aromatic rings. The monoisotopic (exact) mass is 251 g/mol. The van der Waals surface area contributed by atoms with Gasteiger partial charge in [-0.05, 0) is 33.3 Å². The first-order valence-electron chi connectivity index (χ1n) is 5.99. The number of alkyl carbamates (subject to hydrolysis) is 1. The lowest BCUT2D eigenvalue weighted by molar-refractivity contribution is 0.0482. The maximum atomic E-state index is 11.6. The Labute approximate surface area is 108 Å². The second-order valence-corrected chi connectivity index (χ2v) is 5.29. The highest BCUT2D eigenvalue weighted by molar-refractivity contribution is 5.68. The first kappa shape index (κ1) is 14.5. The van der Waals surface area contributed by atoms with Gasteiger partial charge in [0, 0.05) is 0 Å².